The van der Waals surface area contributed by atoms with Gasteiger partial charge < -0.3 is 15.4 Å². The largest absolute Gasteiger partial charge is 0.494 e. The Morgan fingerprint density at radius 3 is 2.09 bits per heavy atom. The number of hydrogen-bond donors (Lipinski definition) is 2. The van der Waals surface area contributed by atoms with Crippen LogP contribution in [0.25, 0.3) is 5.57 Å². The van der Waals surface area contributed by atoms with Crippen LogP contribution >= 0.6 is 0 Å². The molecule has 0 saturated heterocycles. The zero-order valence-electron chi connectivity index (χ0n) is 18.3. The standard InChI is InChI=1S/C26H23N3O4/c1-3-33-22-15-13-20(14-16-22)28-24-23(18-9-11-19(12-10-18)27-17(2)30)25(31)29(26(24)32)21-7-5-4-6-8-21/h4-16,28H,3H2,1-2H3,(H,27,30). The first kappa shape index (κ1) is 21.8. The van der Waals surface area contributed by atoms with Gasteiger partial charge in [0.05, 0.1) is 17.9 Å². The molecule has 7 heteroatoms. The van der Waals surface area contributed by atoms with E-state index in [4.69, 9.17) is 4.74 Å². The third kappa shape index (κ3) is 4.62. The number of benzene rings is 3. The minimum Gasteiger partial charge on any atom is -0.494 e. The molecule has 0 bridgehead atoms. The number of amides is 3. The Labute approximate surface area is 191 Å². The summed E-state index contributed by atoms with van der Waals surface area (Å²) in [6, 6.07) is 22.8. The summed E-state index contributed by atoms with van der Waals surface area (Å²) in [7, 11) is 0. The fraction of sp³-hybridized carbons (Fsp3) is 0.115. The van der Waals surface area contributed by atoms with Gasteiger partial charge in [-0.3, -0.25) is 14.4 Å². The number of hydrogen-bond acceptors (Lipinski definition) is 5. The molecule has 33 heavy (non-hydrogen) atoms. The van der Waals surface area contributed by atoms with Crippen LogP contribution in [0.4, 0.5) is 17.1 Å². The van der Waals surface area contributed by atoms with Gasteiger partial charge in [-0.25, -0.2) is 4.90 Å². The summed E-state index contributed by atoms with van der Waals surface area (Å²) in [4.78, 5) is 39.3. The summed E-state index contributed by atoms with van der Waals surface area (Å²) in [5.74, 6) is -0.347. The molecule has 0 saturated carbocycles. The summed E-state index contributed by atoms with van der Waals surface area (Å²) < 4.78 is 5.47. The molecule has 1 aliphatic rings. The van der Waals surface area contributed by atoms with Gasteiger partial charge >= 0.3 is 0 Å². The Kier molecular flexibility index (Phi) is 6.22. The molecular formula is C26H23N3O4. The minimum atomic E-state index is -0.443. The molecule has 3 amide bonds. The van der Waals surface area contributed by atoms with Gasteiger partial charge in [0, 0.05) is 18.3 Å². The van der Waals surface area contributed by atoms with Crippen molar-refractivity contribution >= 4 is 40.4 Å². The predicted molar refractivity (Wildman–Crippen MR) is 128 cm³/mol. The third-order valence-electron chi connectivity index (χ3n) is 5.03. The zero-order valence-corrected chi connectivity index (χ0v) is 18.3. The lowest BCUT2D eigenvalue weighted by atomic mass is 10.0. The Morgan fingerprint density at radius 1 is 0.848 bits per heavy atom. The van der Waals surface area contributed by atoms with E-state index in [0.717, 1.165) is 4.90 Å². The molecule has 0 radical (unpaired) electrons. The molecule has 7 nitrogen and oxygen atoms in total. The number of nitrogens with one attached hydrogen (secondary N) is 2. The van der Waals surface area contributed by atoms with E-state index in [-0.39, 0.29) is 17.2 Å². The van der Waals surface area contributed by atoms with Crippen LogP contribution < -0.4 is 20.3 Å². The maximum absolute atomic E-state index is 13.4. The van der Waals surface area contributed by atoms with Crippen LogP contribution in [0.1, 0.15) is 19.4 Å². The second-order valence-electron chi connectivity index (χ2n) is 7.37. The molecule has 166 valence electrons. The number of carbonyl (C=O) groups is 3. The first-order chi connectivity index (χ1) is 16.0. The van der Waals surface area contributed by atoms with Crippen molar-refractivity contribution in [2.75, 3.05) is 22.1 Å². The average molecular weight is 441 g/mol. The lowest BCUT2D eigenvalue weighted by Gasteiger charge is -2.15. The van der Waals surface area contributed by atoms with E-state index >= 15 is 0 Å². The van der Waals surface area contributed by atoms with Crippen LogP contribution in [0.15, 0.2) is 84.6 Å². The van der Waals surface area contributed by atoms with Gasteiger partial charge in [0.2, 0.25) is 5.91 Å². The lowest BCUT2D eigenvalue weighted by Crippen LogP contribution is -2.32. The molecule has 2 N–H and O–H groups in total. The molecule has 0 unspecified atom stereocenters. The van der Waals surface area contributed by atoms with Crippen molar-refractivity contribution in [2.45, 2.75) is 13.8 Å². The van der Waals surface area contributed by atoms with E-state index < -0.39 is 11.8 Å². The van der Waals surface area contributed by atoms with E-state index in [1.165, 1.54) is 6.92 Å². The number of rotatable bonds is 7. The van der Waals surface area contributed by atoms with Crippen LogP contribution in [-0.4, -0.2) is 24.3 Å². The monoisotopic (exact) mass is 441 g/mol. The van der Waals surface area contributed by atoms with Gasteiger partial charge in [-0.15, -0.1) is 0 Å². The van der Waals surface area contributed by atoms with Crippen molar-refractivity contribution in [1.29, 1.82) is 0 Å². The second kappa shape index (κ2) is 9.40. The van der Waals surface area contributed by atoms with E-state index in [1.807, 2.05) is 13.0 Å². The van der Waals surface area contributed by atoms with Crippen molar-refractivity contribution in [3.05, 3.63) is 90.1 Å². The van der Waals surface area contributed by atoms with Crippen molar-refractivity contribution < 1.29 is 19.1 Å². The second-order valence-corrected chi connectivity index (χ2v) is 7.37. The highest BCUT2D eigenvalue weighted by atomic mass is 16.5. The SMILES string of the molecule is CCOc1ccc(NC2=C(c3ccc(NC(C)=O)cc3)C(=O)N(c3ccccc3)C2=O)cc1. The number of anilines is 3. The highest BCUT2D eigenvalue weighted by Crippen LogP contribution is 2.34. The van der Waals surface area contributed by atoms with E-state index in [2.05, 4.69) is 10.6 Å². The number of imide groups is 1. The first-order valence-corrected chi connectivity index (χ1v) is 10.5. The molecule has 1 heterocycles. The lowest BCUT2D eigenvalue weighted by molar-refractivity contribution is -0.120. The molecule has 3 aromatic rings. The molecule has 0 atom stereocenters. The van der Waals surface area contributed by atoms with Crippen molar-refractivity contribution in [3.63, 3.8) is 0 Å². The molecule has 0 spiro atoms. The minimum absolute atomic E-state index is 0.181. The zero-order chi connectivity index (χ0) is 23.4. The molecular weight excluding hydrogens is 418 g/mol. The van der Waals surface area contributed by atoms with Crippen molar-refractivity contribution in [3.8, 4) is 5.75 Å². The average Bonchev–Trinajstić information content (AvgIpc) is 3.05. The Morgan fingerprint density at radius 2 is 1.48 bits per heavy atom. The molecule has 3 aromatic carbocycles. The summed E-state index contributed by atoms with van der Waals surface area (Å²) >= 11 is 0. The van der Waals surface area contributed by atoms with Gasteiger partial charge in [0.25, 0.3) is 11.8 Å². The highest BCUT2D eigenvalue weighted by molar-refractivity contribution is 6.46. The molecule has 0 fully saturated rings. The van der Waals surface area contributed by atoms with Gasteiger partial charge in [-0.05, 0) is 61.0 Å². The summed E-state index contributed by atoms with van der Waals surface area (Å²) in [5, 5.41) is 5.83. The molecule has 0 aromatic heterocycles. The number of para-hydroxylation sites is 1. The van der Waals surface area contributed by atoms with E-state index in [9.17, 15) is 14.4 Å². The Hall–Kier alpha value is -4.39. The maximum Gasteiger partial charge on any atom is 0.282 e. The predicted octanol–water partition coefficient (Wildman–Crippen LogP) is 4.44. The summed E-state index contributed by atoms with van der Waals surface area (Å²) in [6.07, 6.45) is 0. The summed E-state index contributed by atoms with van der Waals surface area (Å²) in [5.41, 5.74) is 2.74. The first-order valence-electron chi connectivity index (χ1n) is 10.5. The van der Waals surface area contributed by atoms with E-state index in [0.29, 0.717) is 35.0 Å². The molecule has 1 aliphatic heterocycles. The van der Waals surface area contributed by atoms with Crippen LogP contribution in [0, 0.1) is 0 Å². The topological polar surface area (TPSA) is 87.7 Å². The van der Waals surface area contributed by atoms with Crippen LogP contribution in [0.3, 0.4) is 0 Å². The molecule has 0 aliphatic carbocycles. The quantitative estimate of drug-likeness (QED) is 0.529. The third-order valence-corrected chi connectivity index (χ3v) is 5.03. The van der Waals surface area contributed by atoms with Gasteiger partial charge in [0.1, 0.15) is 11.4 Å². The van der Waals surface area contributed by atoms with Crippen LogP contribution in [0.2, 0.25) is 0 Å². The van der Waals surface area contributed by atoms with Crippen LogP contribution in [-0.2, 0) is 14.4 Å². The maximum atomic E-state index is 13.4. The highest BCUT2D eigenvalue weighted by Gasteiger charge is 2.40. The van der Waals surface area contributed by atoms with Gasteiger partial charge in [0.15, 0.2) is 0 Å². The fourth-order valence-corrected chi connectivity index (χ4v) is 3.59. The number of nitrogens with zero attached hydrogens (tertiary/aromatic N) is 1. The Bertz CT molecular complexity index is 1220. The normalized spacial score (nSPS) is 13.3. The molecule has 4 rings (SSSR count). The van der Waals surface area contributed by atoms with Crippen molar-refractivity contribution in [1.82, 2.24) is 0 Å². The van der Waals surface area contributed by atoms with E-state index in [1.54, 1.807) is 72.8 Å². The number of ether oxygens (including phenoxy) is 1. The fourth-order valence-electron chi connectivity index (χ4n) is 3.59. The smallest absolute Gasteiger partial charge is 0.282 e. The number of carbonyl (C=O) groups excluding carboxylic acids is 3. The Balaban J connectivity index is 1.74. The van der Waals surface area contributed by atoms with Crippen molar-refractivity contribution in [2.24, 2.45) is 0 Å². The van der Waals surface area contributed by atoms with Crippen LogP contribution in [0.5, 0.6) is 5.75 Å². The van der Waals surface area contributed by atoms with Gasteiger partial charge in [-0.2, -0.15) is 0 Å². The van der Waals surface area contributed by atoms with Gasteiger partial charge in [-0.1, -0.05) is 30.3 Å². The summed E-state index contributed by atoms with van der Waals surface area (Å²) in [6.45, 7) is 3.88.